The molecule has 1 heterocycles. The average molecular weight is 387 g/mol. The molecule has 1 saturated heterocycles. The smallest absolute Gasteiger partial charge is 0.317 e. The molecular formula is C17H26FN3O4S. The van der Waals surface area contributed by atoms with Crippen LogP contribution in [0.4, 0.5) is 9.18 Å². The number of hydrogen-bond acceptors (Lipinski definition) is 4. The summed E-state index contributed by atoms with van der Waals surface area (Å²) in [5.41, 5.74) is 0.628. The van der Waals surface area contributed by atoms with Crippen LogP contribution >= 0.6 is 0 Å². The number of benzene rings is 1. The zero-order valence-corrected chi connectivity index (χ0v) is 16.1. The van der Waals surface area contributed by atoms with Crippen molar-refractivity contribution >= 4 is 16.1 Å². The molecule has 1 fully saturated rings. The Kier molecular flexibility index (Phi) is 6.82. The lowest BCUT2D eigenvalue weighted by molar-refractivity contribution is 0.167. The molecule has 1 aromatic carbocycles. The van der Waals surface area contributed by atoms with Gasteiger partial charge in [0.05, 0.1) is 18.9 Å². The molecule has 2 atom stereocenters. The zero-order chi connectivity index (χ0) is 19.3. The van der Waals surface area contributed by atoms with Gasteiger partial charge in [-0.2, -0.15) is 0 Å². The summed E-state index contributed by atoms with van der Waals surface area (Å²) >= 11 is 0. The molecule has 0 spiro atoms. The molecule has 2 N–H and O–H groups in total. The number of carbonyl (C=O) groups is 1. The number of nitrogens with one attached hydrogen (secondary N) is 2. The van der Waals surface area contributed by atoms with Gasteiger partial charge in [0.15, 0.2) is 11.6 Å². The Morgan fingerprint density at radius 2 is 2.19 bits per heavy atom. The van der Waals surface area contributed by atoms with Crippen molar-refractivity contribution in [2.24, 2.45) is 5.92 Å². The van der Waals surface area contributed by atoms with Gasteiger partial charge in [0.1, 0.15) is 0 Å². The number of methoxy groups -OCH3 is 1. The minimum atomic E-state index is -3.31. The Hall–Kier alpha value is -1.87. The molecule has 1 aliphatic heterocycles. The number of carbonyl (C=O) groups excluding carboxylic acids is 1. The highest BCUT2D eigenvalue weighted by atomic mass is 32.2. The van der Waals surface area contributed by atoms with Gasteiger partial charge in [0.25, 0.3) is 0 Å². The topological polar surface area (TPSA) is 87.7 Å². The molecule has 0 aromatic heterocycles. The Morgan fingerprint density at radius 3 is 2.81 bits per heavy atom. The number of halogens is 1. The van der Waals surface area contributed by atoms with Crippen LogP contribution in [0.3, 0.4) is 0 Å². The van der Waals surface area contributed by atoms with E-state index >= 15 is 0 Å². The molecule has 9 heteroatoms. The fourth-order valence-electron chi connectivity index (χ4n) is 3.09. The monoisotopic (exact) mass is 387 g/mol. The largest absolute Gasteiger partial charge is 0.494 e. The molecule has 26 heavy (non-hydrogen) atoms. The van der Waals surface area contributed by atoms with Crippen LogP contribution in [0, 0.1) is 11.7 Å². The molecule has 2 rings (SSSR count). The number of amides is 2. The van der Waals surface area contributed by atoms with E-state index in [2.05, 4.69) is 10.0 Å². The third-order valence-electron chi connectivity index (χ3n) is 4.59. The van der Waals surface area contributed by atoms with Gasteiger partial charge in [-0.05, 0) is 50.4 Å². The first-order valence-corrected chi connectivity index (χ1v) is 10.2. The van der Waals surface area contributed by atoms with Crippen LogP contribution in [0.2, 0.25) is 0 Å². The molecular weight excluding hydrogens is 361 g/mol. The van der Waals surface area contributed by atoms with E-state index in [0.29, 0.717) is 18.7 Å². The number of urea groups is 1. The van der Waals surface area contributed by atoms with Crippen LogP contribution in [0.5, 0.6) is 5.75 Å². The molecule has 146 valence electrons. The average Bonchev–Trinajstić information content (AvgIpc) is 2.61. The van der Waals surface area contributed by atoms with Crippen molar-refractivity contribution in [2.75, 3.05) is 33.0 Å². The second-order valence-electron chi connectivity index (χ2n) is 6.50. The van der Waals surface area contributed by atoms with Crippen LogP contribution in [0.25, 0.3) is 0 Å². The van der Waals surface area contributed by atoms with E-state index < -0.39 is 15.8 Å². The Balaban J connectivity index is 1.97. The highest BCUT2D eigenvalue weighted by molar-refractivity contribution is 7.89. The second kappa shape index (κ2) is 8.68. The molecule has 1 aliphatic rings. The summed E-state index contributed by atoms with van der Waals surface area (Å²) < 4.78 is 44.5. The van der Waals surface area contributed by atoms with Crippen LogP contribution < -0.4 is 14.8 Å². The van der Waals surface area contributed by atoms with Crippen LogP contribution in [-0.2, 0) is 10.0 Å². The van der Waals surface area contributed by atoms with Gasteiger partial charge >= 0.3 is 6.03 Å². The third kappa shape index (κ3) is 5.31. The number of likely N-dealkylation sites (tertiary alicyclic amines) is 1. The highest BCUT2D eigenvalue weighted by Gasteiger charge is 2.27. The SMILES string of the molecule is CNS(=O)(=O)CC1CCCN(C(=O)NC(C)c2ccc(OC)c(F)c2)C1. The van der Waals surface area contributed by atoms with E-state index in [-0.39, 0.29) is 29.5 Å². The van der Waals surface area contributed by atoms with Gasteiger partial charge in [-0.15, -0.1) is 0 Å². The van der Waals surface area contributed by atoms with Gasteiger partial charge in [0.2, 0.25) is 10.0 Å². The lowest BCUT2D eigenvalue weighted by Crippen LogP contribution is -2.47. The lowest BCUT2D eigenvalue weighted by Gasteiger charge is -2.33. The number of nitrogens with zero attached hydrogens (tertiary/aromatic N) is 1. The molecule has 0 bridgehead atoms. The third-order valence-corrected chi connectivity index (χ3v) is 6.12. The summed E-state index contributed by atoms with van der Waals surface area (Å²) in [6.07, 6.45) is 1.52. The molecule has 0 saturated carbocycles. The van der Waals surface area contributed by atoms with Crippen molar-refractivity contribution in [3.05, 3.63) is 29.6 Å². The molecule has 7 nitrogen and oxygen atoms in total. The Labute approximate surface area is 154 Å². The summed E-state index contributed by atoms with van der Waals surface area (Å²) in [5.74, 6) is -0.425. The lowest BCUT2D eigenvalue weighted by atomic mass is 10.0. The summed E-state index contributed by atoms with van der Waals surface area (Å²) in [6.45, 7) is 2.73. The van der Waals surface area contributed by atoms with Crippen LogP contribution in [0.1, 0.15) is 31.4 Å². The predicted octanol–water partition coefficient (Wildman–Crippen LogP) is 1.87. The first kappa shape index (κ1) is 20.4. The predicted molar refractivity (Wildman–Crippen MR) is 97.0 cm³/mol. The normalized spacial score (nSPS) is 19.1. The number of sulfonamides is 1. The van der Waals surface area contributed by atoms with Crippen molar-refractivity contribution in [2.45, 2.75) is 25.8 Å². The highest BCUT2D eigenvalue weighted by Crippen LogP contribution is 2.23. The number of ether oxygens (including phenoxy) is 1. The van der Waals surface area contributed by atoms with E-state index in [0.717, 1.165) is 12.8 Å². The maximum absolute atomic E-state index is 13.8. The van der Waals surface area contributed by atoms with E-state index in [1.807, 2.05) is 0 Å². The molecule has 2 unspecified atom stereocenters. The minimum absolute atomic E-state index is 0.00647. The van der Waals surface area contributed by atoms with E-state index in [1.165, 1.54) is 26.3 Å². The maximum Gasteiger partial charge on any atom is 0.317 e. The van der Waals surface area contributed by atoms with Crippen molar-refractivity contribution in [1.29, 1.82) is 0 Å². The Morgan fingerprint density at radius 1 is 1.46 bits per heavy atom. The molecule has 1 aromatic rings. The summed E-state index contributed by atoms with van der Waals surface area (Å²) in [7, 11) is -0.527. The van der Waals surface area contributed by atoms with Crippen molar-refractivity contribution in [3.8, 4) is 5.75 Å². The van der Waals surface area contributed by atoms with Crippen molar-refractivity contribution < 1.29 is 22.3 Å². The van der Waals surface area contributed by atoms with Gasteiger partial charge in [-0.25, -0.2) is 22.3 Å². The molecule has 0 radical (unpaired) electrons. The summed E-state index contributed by atoms with van der Waals surface area (Å²) in [4.78, 5) is 14.1. The summed E-state index contributed by atoms with van der Waals surface area (Å²) in [6, 6.07) is 3.89. The van der Waals surface area contributed by atoms with Gasteiger partial charge in [-0.3, -0.25) is 0 Å². The summed E-state index contributed by atoms with van der Waals surface area (Å²) in [5, 5.41) is 2.84. The Bertz CT molecular complexity index is 742. The zero-order valence-electron chi connectivity index (χ0n) is 15.3. The van der Waals surface area contributed by atoms with Crippen molar-refractivity contribution in [3.63, 3.8) is 0 Å². The minimum Gasteiger partial charge on any atom is -0.494 e. The second-order valence-corrected chi connectivity index (χ2v) is 8.48. The van der Waals surface area contributed by atoms with Gasteiger partial charge in [0, 0.05) is 13.1 Å². The van der Waals surface area contributed by atoms with Gasteiger partial charge in [-0.1, -0.05) is 6.07 Å². The fraction of sp³-hybridized carbons (Fsp3) is 0.588. The van der Waals surface area contributed by atoms with Crippen LogP contribution in [0.15, 0.2) is 18.2 Å². The first-order chi connectivity index (χ1) is 12.3. The number of piperidine rings is 1. The number of rotatable bonds is 6. The van der Waals surface area contributed by atoms with Gasteiger partial charge < -0.3 is 15.0 Å². The van der Waals surface area contributed by atoms with E-state index in [1.54, 1.807) is 17.9 Å². The van der Waals surface area contributed by atoms with Crippen LogP contribution in [-0.4, -0.2) is 52.3 Å². The van der Waals surface area contributed by atoms with E-state index in [9.17, 15) is 17.6 Å². The quantitative estimate of drug-likeness (QED) is 0.780. The first-order valence-electron chi connectivity index (χ1n) is 8.56. The molecule has 0 aliphatic carbocycles. The van der Waals surface area contributed by atoms with E-state index in [4.69, 9.17) is 4.74 Å². The molecule has 2 amide bonds. The standard InChI is InChI=1S/C17H26FN3O4S/c1-12(14-6-7-16(25-3)15(18)9-14)20-17(22)21-8-4-5-13(10-21)11-26(23,24)19-2/h6-7,9,12-13,19H,4-5,8,10-11H2,1-3H3,(H,20,22). The maximum atomic E-state index is 13.8. The fourth-order valence-corrected chi connectivity index (χ4v) is 4.15. The number of hydrogen-bond donors (Lipinski definition) is 2. The van der Waals surface area contributed by atoms with Crippen molar-refractivity contribution in [1.82, 2.24) is 14.9 Å².